The Balaban J connectivity index is 1.47. The number of rotatable bonds is 5. The van der Waals surface area contributed by atoms with Gasteiger partial charge in [-0.15, -0.1) is 0 Å². The molecule has 2 aromatic carbocycles. The standard InChI is InChI=1S/C26H28FN3O3/c1-26(2,29-24(31)21-8-3-4-10-22(21)27)25(32)30-13-14-33-17-18(16-30)15-19-7-5-11-23-20(19)9-6-12-28-23/h3-12,18H,13-17H2,1-2H3,(H,29,31)/t18-/m1/s1. The Bertz CT molecular complexity index is 1160. The Morgan fingerprint density at radius 2 is 1.97 bits per heavy atom. The summed E-state index contributed by atoms with van der Waals surface area (Å²) in [6.45, 7) is 5.20. The molecule has 172 valence electrons. The molecule has 0 radical (unpaired) electrons. The van der Waals surface area contributed by atoms with E-state index in [4.69, 9.17) is 4.74 Å². The van der Waals surface area contributed by atoms with Crippen molar-refractivity contribution in [3.63, 3.8) is 0 Å². The number of hydrogen-bond acceptors (Lipinski definition) is 4. The van der Waals surface area contributed by atoms with Crippen LogP contribution in [0.5, 0.6) is 0 Å². The number of ether oxygens (including phenoxy) is 1. The second-order valence-corrected chi connectivity index (χ2v) is 8.94. The van der Waals surface area contributed by atoms with Crippen molar-refractivity contribution in [3.05, 3.63) is 77.7 Å². The number of halogens is 1. The second kappa shape index (κ2) is 9.67. The van der Waals surface area contributed by atoms with Gasteiger partial charge in [0.1, 0.15) is 11.4 Å². The van der Waals surface area contributed by atoms with E-state index in [9.17, 15) is 14.0 Å². The largest absolute Gasteiger partial charge is 0.379 e. The highest BCUT2D eigenvalue weighted by molar-refractivity contribution is 5.99. The fourth-order valence-corrected chi connectivity index (χ4v) is 4.29. The summed E-state index contributed by atoms with van der Waals surface area (Å²) in [4.78, 5) is 32.2. The molecule has 1 aliphatic rings. The van der Waals surface area contributed by atoms with Crippen molar-refractivity contribution in [2.75, 3.05) is 26.3 Å². The number of fused-ring (bicyclic) bond motifs is 1. The number of hydrogen-bond donors (Lipinski definition) is 1. The third kappa shape index (κ3) is 5.20. The van der Waals surface area contributed by atoms with E-state index in [2.05, 4.69) is 22.4 Å². The van der Waals surface area contributed by atoms with Gasteiger partial charge >= 0.3 is 0 Å². The number of nitrogens with one attached hydrogen (secondary N) is 1. The van der Waals surface area contributed by atoms with Gasteiger partial charge in [0.25, 0.3) is 5.91 Å². The van der Waals surface area contributed by atoms with Gasteiger partial charge in [0, 0.05) is 30.6 Å². The summed E-state index contributed by atoms with van der Waals surface area (Å²) in [6, 6.07) is 15.8. The van der Waals surface area contributed by atoms with Crippen LogP contribution in [0, 0.1) is 11.7 Å². The van der Waals surface area contributed by atoms with E-state index in [1.807, 2.05) is 18.2 Å². The summed E-state index contributed by atoms with van der Waals surface area (Å²) in [5.41, 5.74) is 0.822. The zero-order chi connectivity index (χ0) is 23.4. The van der Waals surface area contributed by atoms with Crippen molar-refractivity contribution in [1.82, 2.24) is 15.2 Å². The molecule has 1 N–H and O–H groups in total. The summed E-state index contributed by atoms with van der Waals surface area (Å²) >= 11 is 0. The van der Waals surface area contributed by atoms with Gasteiger partial charge in [-0.1, -0.05) is 30.3 Å². The van der Waals surface area contributed by atoms with Gasteiger partial charge in [-0.2, -0.15) is 0 Å². The monoisotopic (exact) mass is 449 g/mol. The van der Waals surface area contributed by atoms with E-state index in [0.29, 0.717) is 26.3 Å². The molecule has 0 spiro atoms. The minimum Gasteiger partial charge on any atom is -0.379 e. The Kier molecular flexibility index (Phi) is 6.70. The number of benzene rings is 2. The molecule has 0 aliphatic carbocycles. The minimum atomic E-state index is -1.20. The summed E-state index contributed by atoms with van der Waals surface area (Å²) in [5, 5.41) is 3.80. The van der Waals surface area contributed by atoms with E-state index < -0.39 is 17.3 Å². The first-order chi connectivity index (χ1) is 15.8. The minimum absolute atomic E-state index is 0.0833. The predicted octanol–water partition coefficient (Wildman–Crippen LogP) is 3.60. The first-order valence-electron chi connectivity index (χ1n) is 11.1. The van der Waals surface area contributed by atoms with Gasteiger partial charge in [0.15, 0.2) is 0 Å². The lowest BCUT2D eigenvalue weighted by Crippen LogP contribution is -2.57. The molecule has 0 saturated carbocycles. The Hall–Kier alpha value is -3.32. The van der Waals surface area contributed by atoms with E-state index in [0.717, 1.165) is 22.9 Å². The average Bonchev–Trinajstić information content (AvgIpc) is 3.04. The highest BCUT2D eigenvalue weighted by Gasteiger charge is 2.36. The fourth-order valence-electron chi connectivity index (χ4n) is 4.29. The van der Waals surface area contributed by atoms with Crippen molar-refractivity contribution >= 4 is 22.7 Å². The van der Waals surface area contributed by atoms with Crippen LogP contribution in [-0.2, 0) is 16.0 Å². The molecule has 33 heavy (non-hydrogen) atoms. The second-order valence-electron chi connectivity index (χ2n) is 8.94. The highest BCUT2D eigenvalue weighted by atomic mass is 19.1. The quantitative estimate of drug-likeness (QED) is 0.646. The number of carbonyl (C=O) groups is 2. The van der Waals surface area contributed by atoms with Crippen LogP contribution in [0.1, 0.15) is 29.8 Å². The van der Waals surface area contributed by atoms with Gasteiger partial charge in [0.2, 0.25) is 5.91 Å². The molecule has 6 nitrogen and oxygen atoms in total. The van der Waals surface area contributed by atoms with E-state index >= 15 is 0 Å². The highest BCUT2D eigenvalue weighted by Crippen LogP contribution is 2.22. The van der Waals surface area contributed by atoms with Gasteiger partial charge < -0.3 is 15.0 Å². The van der Waals surface area contributed by atoms with Crippen molar-refractivity contribution in [2.45, 2.75) is 25.8 Å². The summed E-state index contributed by atoms with van der Waals surface area (Å²) in [5.74, 6) is -1.36. The first-order valence-corrected chi connectivity index (χ1v) is 11.1. The van der Waals surface area contributed by atoms with Gasteiger partial charge in [-0.3, -0.25) is 14.6 Å². The summed E-state index contributed by atoms with van der Waals surface area (Å²) in [7, 11) is 0. The number of amides is 2. The molecule has 0 unspecified atom stereocenters. The zero-order valence-electron chi connectivity index (χ0n) is 18.9. The number of pyridine rings is 1. The fraction of sp³-hybridized carbons (Fsp3) is 0.346. The topological polar surface area (TPSA) is 71.5 Å². The molecule has 1 aromatic heterocycles. The van der Waals surface area contributed by atoms with Crippen LogP contribution < -0.4 is 5.32 Å². The number of carbonyl (C=O) groups excluding carboxylic acids is 2. The average molecular weight is 450 g/mol. The van der Waals surface area contributed by atoms with Crippen molar-refractivity contribution in [3.8, 4) is 0 Å². The van der Waals surface area contributed by atoms with Gasteiger partial charge in [-0.05, 0) is 50.1 Å². The van der Waals surface area contributed by atoms with Crippen LogP contribution in [0.15, 0.2) is 60.8 Å². The molecule has 2 heterocycles. The normalized spacial score (nSPS) is 16.9. The first kappa shape index (κ1) is 22.9. The number of aromatic nitrogens is 1. The smallest absolute Gasteiger partial charge is 0.255 e. The van der Waals surface area contributed by atoms with Crippen LogP contribution in [0.2, 0.25) is 0 Å². The predicted molar refractivity (Wildman–Crippen MR) is 124 cm³/mol. The maximum Gasteiger partial charge on any atom is 0.255 e. The molecule has 4 rings (SSSR count). The van der Waals surface area contributed by atoms with Crippen LogP contribution in [0.4, 0.5) is 4.39 Å². The Morgan fingerprint density at radius 1 is 1.15 bits per heavy atom. The molecule has 0 bridgehead atoms. The maximum absolute atomic E-state index is 14.0. The third-order valence-electron chi connectivity index (χ3n) is 5.95. The maximum atomic E-state index is 14.0. The van der Waals surface area contributed by atoms with Crippen molar-refractivity contribution in [2.24, 2.45) is 5.92 Å². The summed E-state index contributed by atoms with van der Waals surface area (Å²) in [6.07, 6.45) is 2.52. The van der Waals surface area contributed by atoms with Crippen LogP contribution in [0.25, 0.3) is 10.9 Å². The molecule has 3 aromatic rings. The van der Waals surface area contributed by atoms with Crippen LogP contribution in [-0.4, -0.2) is 53.5 Å². The molecule has 1 fully saturated rings. The molecular weight excluding hydrogens is 421 g/mol. The lowest BCUT2D eigenvalue weighted by molar-refractivity contribution is -0.137. The zero-order valence-corrected chi connectivity index (χ0v) is 18.9. The van der Waals surface area contributed by atoms with Crippen LogP contribution >= 0.6 is 0 Å². The van der Waals surface area contributed by atoms with Crippen LogP contribution in [0.3, 0.4) is 0 Å². The lowest BCUT2D eigenvalue weighted by atomic mass is 9.95. The third-order valence-corrected chi connectivity index (χ3v) is 5.95. The molecule has 1 aliphatic heterocycles. The van der Waals surface area contributed by atoms with Gasteiger partial charge in [0.05, 0.1) is 24.3 Å². The molecule has 1 atom stereocenters. The molecule has 7 heteroatoms. The van der Waals surface area contributed by atoms with E-state index in [1.165, 1.54) is 18.2 Å². The molecular formula is C26H28FN3O3. The SMILES string of the molecule is CC(C)(NC(=O)c1ccccc1F)C(=O)N1CCOC[C@H](Cc2cccc3ncccc23)C1. The Labute approximate surface area is 192 Å². The number of nitrogens with zero attached hydrogens (tertiary/aromatic N) is 2. The Morgan fingerprint density at radius 3 is 2.79 bits per heavy atom. The van der Waals surface area contributed by atoms with Crippen molar-refractivity contribution < 1.29 is 18.7 Å². The van der Waals surface area contributed by atoms with Crippen molar-refractivity contribution in [1.29, 1.82) is 0 Å². The lowest BCUT2D eigenvalue weighted by Gasteiger charge is -2.33. The molecule has 2 amide bonds. The van der Waals surface area contributed by atoms with E-state index in [-0.39, 0.29) is 17.4 Å². The van der Waals surface area contributed by atoms with E-state index in [1.54, 1.807) is 31.0 Å². The molecule has 1 saturated heterocycles. The van der Waals surface area contributed by atoms with Gasteiger partial charge in [-0.25, -0.2) is 4.39 Å². The summed E-state index contributed by atoms with van der Waals surface area (Å²) < 4.78 is 19.8.